The molecule has 2 aliphatic rings. The first kappa shape index (κ1) is 22.0. The van der Waals surface area contributed by atoms with Gasteiger partial charge < -0.3 is 24.3 Å². The van der Waals surface area contributed by atoms with Crippen LogP contribution < -0.4 is 24.3 Å². The van der Waals surface area contributed by atoms with E-state index in [4.69, 9.17) is 18.9 Å². The van der Waals surface area contributed by atoms with Gasteiger partial charge in [0.05, 0.1) is 27.0 Å². The second-order valence-corrected chi connectivity index (χ2v) is 8.36. The Morgan fingerprint density at radius 2 is 1.69 bits per heavy atom. The summed E-state index contributed by atoms with van der Waals surface area (Å²) in [5.74, 6) is 2.47. The third kappa shape index (κ3) is 3.27. The van der Waals surface area contributed by atoms with Gasteiger partial charge in [0.1, 0.15) is 23.9 Å². The van der Waals surface area contributed by atoms with Crippen LogP contribution in [0, 0.1) is 5.82 Å². The molecule has 1 N–H and O–H groups in total. The number of hydrogen-bond acceptors (Lipinski definition) is 7. The van der Waals surface area contributed by atoms with Gasteiger partial charge in [-0.3, -0.25) is 0 Å². The summed E-state index contributed by atoms with van der Waals surface area (Å²) < 4.78 is 39.3. The highest BCUT2D eigenvalue weighted by Gasteiger charge is 2.42. The van der Waals surface area contributed by atoms with E-state index in [0.717, 1.165) is 28.0 Å². The number of rotatable bonds is 5. The fourth-order valence-corrected chi connectivity index (χ4v) is 4.97. The quantitative estimate of drug-likeness (QED) is 0.425. The standard InChI is InChI=1S/C27H23FN4O4/c1-33-20-13-12-18(25(34-2)26(20)35-3)24-21-22(17-6-4-5-7-19(17)36-24)31-27-29-14-30-32(27)23(21)15-8-10-16(28)11-9-15/h4-14,23-24H,1-3H3,(H,29,30,31)/t23-,24-/m0/s1. The molecule has 0 aliphatic carbocycles. The molecule has 9 heteroatoms. The first-order chi connectivity index (χ1) is 17.6. The van der Waals surface area contributed by atoms with E-state index >= 15 is 0 Å². The molecule has 36 heavy (non-hydrogen) atoms. The zero-order valence-corrected chi connectivity index (χ0v) is 19.9. The first-order valence-electron chi connectivity index (χ1n) is 11.4. The van der Waals surface area contributed by atoms with Gasteiger partial charge in [0.2, 0.25) is 11.7 Å². The summed E-state index contributed by atoms with van der Waals surface area (Å²) in [7, 11) is 4.73. The smallest absolute Gasteiger partial charge is 0.226 e. The molecule has 0 bridgehead atoms. The van der Waals surface area contributed by atoms with Gasteiger partial charge in [-0.2, -0.15) is 10.1 Å². The van der Waals surface area contributed by atoms with Gasteiger partial charge in [-0.15, -0.1) is 0 Å². The third-order valence-corrected chi connectivity index (χ3v) is 6.52. The monoisotopic (exact) mass is 486 g/mol. The second kappa shape index (κ2) is 8.60. The highest BCUT2D eigenvalue weighted by molar-refractivity contribution is 5.85. The maximum absolute atomic E-state index is 13.9. The zero-order chi connectivity index (χ0) is 24.8. The zero-order valence-electron chi connectivity index (χ0n) is 19.9. The average molecular weight is 487 g/mol. The van der Waals surface area contributed by atoms with E-state index in [1.54, 1.807) is 38.1 Å². The number of para-hydroxylation sites is 1. The van der Waals surface area contributed by atoms with Crippen LogP contribution in [0.3, 0.4) is 0 Å². The van der Waals surface area contributed by atoms with Crippen LogP contribution in [0.4, 0.5) is 10.3 Å². The predicted octanol–water partition coefficient (Wildman–Crippen LogP) is 5.00. The topological polar surface area (TPSA) is 79.7 Å². The number of nitrogens with one attached hydrogen (secondary N) is 1. The van der Waals surface area contributed by atoms with Crippen molar-refractivity contribution in [2.75, 3.05) is 26.6 Å². The van der Waals surface area contributed by atoms with Crippen molar-refractivity contribution in [1.29, 1.82) is 0 Å². The molecule has 2 atom stereocenters. The van der Waals surface area contributed by atoms with E-state index in [-0.39, 0.29) is 5.82 Å². The number of nitrogens with zero attached hydrogens (tertiary/aromatic N) is 3. The van der Waals surface area contributed by atoms with Crippen molar-refractivity contribution in [3.63, 3.8) is 0 Å². The fraction of sp³-hybridized carbons (Fsp3) is 0.185. The Labute approximate surface area is 206 Å². The summed E-state index contributed by atoms with van der Waals surface area (Å²) in [5, 5.41) is 7.95. The number of halogens is 1. The minimum atomic E-state index is -0.593. The lowest BCUT2D eigenvalue weighted by Gasteiger charge is -2.39. The molecular weight excluding hydrogens is 463 g/mol. The lowest BCUT2D eigenvalue weighted by Crippen LogP contribution is -2.32. The molecule has 0 radical (unpaired) electrons. The van der Waals surface area contributed by atoms with Crippen LogP contribution in [0.1, 0.15) is 28.8 Å². The molecule has 0 saturated heterocycles. The Balaban J connectivity index is 1.64. The molecule has 0 amide bonds. The number of ether oxygens (including phenoxy) is 4. The van der Waals surface area contributed by atoms with Gasteiger partial charge in [-0.25, -0.2) is 9.07 Å². The molecule has 182 valence electrons. The molecule has 0 unspecified atom stereocenters. The number of benzene rings is 3. The molecule has 3 aromatic carbocycles. The van der Waals surface area contributed by atoms with Gasteiger partial charge in [0.25, 0.3) is 0 Å². The maximum Gasteiger partial charge on any atom is 0.226 e. The first-order valence-corrected chi connectivity index (χ1v) is 11.4. The molecule has 1 aromatic heterocycles. The van der Waals surface area contributed by atoms with E-state index in [9.17, 15) is 4.39 Å². The van der Waals surface area contributed by atoms with Crippen LogP contribution in [0.5, 0.6) is 23.0 Å². The summed E-state index contributed by atoms with van der Waals surface area (Å²) in [4.78, 5) is 4.43. The van der Waals surface area contributed by atoms with Crippen molar-refractivity contribution in [2.45, 2.75) is 12.1 Å². The number of fused-ring (bicyclic) bond motifs is 3. The summed E-state index contributed by atoms with van der Waals surface area (Å²) in [6.07, 6.45) is 0.903. The van der Waals surface area contributed by atoms with Crippen molar-refractivity contribution in [3.8, 4) is 23.0 Å². The molecule has 4 aromatic rings. The van der Waals surface area contributed by atoms with Crippen molar-refractivity contribution in [2.24, 2.45) is 0 Å². The number of methoxy groups -OCH3 is 3. The minimum Gasteiger partial charge on any atom is -0.493 e. The molecule has 0 fully saturated rings. The highest BCUT2D eigenvalue weighted by atomic mass is 19.1. The Morgan fingerprint density at radius 1 is 0.917 bits per heavy atom. The normalized spacial score (nSPS) is 17.8. The predicted molar refractivity (Wildman–Crippen MR) is 131 cm³/mol. The Hall–Kier alpha value is -4.53. The fourth-order valence-electron chi connectivity index (χ4n) is 4.97. The average Bonchev–Trinajstić information content (AvgIpc) is 3.39. The Kier molecular flexibility index (Phi) is 5.25. The second-order valence-electron chi connectivity index (χ2n) is 8.36. The minimum absolute atomic E-state index is 0.316. The third-order valence-electron chi connectivity index (χ3n) is 6.52. The van der Waals surface area contributed by atoms with Crippen LogP contribution in [-0.2, 0) is 0 Å². The van der Waals surface area contributed by atoms with E-state index in [1.165, 1.54) is 18.5 Å². The van der Waals surface area contributed by atoms with Gasteiger partial charge in [0.15, 0.2) is 17.6 Å². The van der Waals surface area contributed by atoms with E-state index < -0.39 is 12.1 Å². The van der Waals surface area contributed by atoms with Gasteiger partial charge in [-0.1, -0.05) is 24.3 Å². The molecule has 8 nitrogen and oxygen atoms in total. The lowest BCUT2D eigenvalue weighted by molar-refractivity contribution is 0.215. The van der Waals surface area contributed by atoms with Gasteiger partial charge in [-0.05, 0) is 42.0 Å². The number of aromatic nitrogens is 3. The van der Waals surface area contributed by atoms with Gasteiger partial charge in [0, 0.05) is 16.7 Å². The molecule has 6 rings (SSSR count). The van der Waals surface area contributed by atoms with Gasteiger partial charge >= 0.3 is 0 Å². The van der Waals surface area contributed by atoms with E-state index in [1.807, 2.05) is 36.4 Å². The number of anilines is 1. The summed E-state index contributed by atoms with van der Waals surface area (Å²) in [6.45, 7) is 0. The summed E-state index contributed by atoms with van der Waals surface area (Å²) in [5.41, 5.74) is 4.21. The van der Waals surface area contributed by atoms with Crippen LogP contribution in [-0.4, -0.2) is 36.1 Å². The lowest BCUT2D eigenvalue weighted by atomic mass is 9.84. The van der Waals surface area contributed by atoms with Crippen LogP contribution >= 0.6 is 0 Å². The van der Waals surface area contributed by atoms with Crippen molar-refractivity contribution < 1.29 is 23.3 Å². The SMILES string of the molecule is COc1ccc([C@@H]2Oc3ccccc3C3=C2[C@H](c2ccc(F)cc2)n2ncnc2N3)c(OC)c1OC. The van der Waals surface area contributed by atoms with Crippen LogP contribution in [0.15, 0.2) is 72.6 Å². The van der Waals surface area contributed by atoms with Crippen LogP contribution in [0.2, 0.25) is 0 Å². The molecule has 2 aliphatic heterocycles. The van der Waals surface area contributed by atoms with Crippen molar-refractivity contribution in [3.05, 3.63) is 95.1 Å². The summed E-state index contributed by atoms with van der Waals surface area (Å²) >= 11 is 0. The molecule has 3 heterocycles. The van der Waals surface area contributed by atoms with E-state index in [2.05, 4.69) is 15.4 Å². The molecule has 0 saturated carbocycles. The Bertz CT molecular complexity index is 1480. The Morgan fingerprint density at radius 3 is 2.44 bits per heavy atom. The molecular formula is C27H23FN4O4. The van der Waals surface area contributed by atoms with Crippen LogP contribution in [0.25, 0.3) is 5.70 Å². The maximum atomic E-state index is 13.9. The van der Waals surface area contributed by atoms with E-state index in [0.29, 0.717) is 28.9 Å². The molecule has 0 spiro atoms. The summed E-state index contributed by atoms with van der Waals surface area (Å²) in [6, 6.07) is 17.5. The number of hydrogen-bond donors (Lipinski definition) is 1. The van der Waals surface area contributed by atoms with Crippen molar-refractivity contribution >= 4 is 11.6 Å². The highest BCUT2D eigenvalue weighted by Crippen LogP contribution is 2.53. The largest absolute Gasteiger partial charge is 0.493 e. The van der Waals surface area contributed by atoms with Crippen molar-refractivity contribution in [1.82, 2.24) is 14.8 Å².